The molecular weight excluding hydrogens is 246 g/mol. The zero-order chi connectivity index (χ0) is 8.59. The number of halogens is 5. The van der Waals surface area contributed by atoms with Crippen LogP contribution < -0.4 is 0 Å². The first kappa shape index (κ1) is 8.80. The van der Waals surface area contributed by atoms with Crippen molar-refractivity contribution in [3.63, 3.8) is 0 Å². The summed E-state index contributed by atoms with van der Waals surface area (Å²) < 4.78 is 36.6. The van der Waals surface area contributed by atoms with Crippen molar-refractivity contribution in [3.8, 4) is 0 Å². The lowest BCUT2D eigenvalue weighted by atomic mass is 10.4. The monoisotopic (exact) mass is 245 g/mol. The Bertz CT molecular complexity index is 278. The molecular formula is C5BrClF3N. The number of pyridine rings is 1. The fourth-order valence-corrected chi connectivity index (χ4v) is 0.880. The fraction of sp³-hybridized carbons (Fsp3) is 0. The van der Waals surface area contributed by atoms with E-state index in [9.17, 15) is 13.2 Å². The van der Waals surface area contributed by atoms with Gasteiger partial charge in [0, 0.05) is 0 Å². The predicted molar refractivity (Wildman–Crippen MR) is 36.8 cm³/mol. The quantitative estimate of drug-likeness (QED) is 0.641. The minimum absolute atomic E-state index is 0.377. The second-order valence-corrected chi connectivity index (χ2v) is 2.81. The summed E-state index contributed by atoms with van der Waals surface area (Å²) in [5.74, 6) is -4.08. The van der Waals surface area contributed by atoms with Gasteiger partial charge in [-0.3, -0.25) is 0 Å². The van der Waals surface area contributed by atoms with E-state index in [0.29, 0.717) is 0 Å². The molecule has 0 aliphatic heterocycles. The van der Waals surface area contributed by atoms with Crippen molar-refractivity contribution in [2.45, 2.75) is 0 Å². The molecule has 1 nitrogen and oxygen atoms in total. The SMILES string of the molecule is Fc1nc(F)c(Br)c(Cl)c1F. The zero-order valence-corrected chi connectivity index (χ0v) is 7.18. The van der Waals surface area contributed by atoms with E-state index in [0.717, 1.165) is 0 Å². The zero-order valence-electron chi connectivity index (χ0n) is 4.84. The van der Waals surface area contributed by atoms with Crippen LogP contribution in [0.25, 0.3) is 0 Å². The Morgan fingerprint density at radius 3 is 2.27 bits per heavy atom. The second kappa shape index (κ2) is 2.98. The molecule has 0 radical (unpaired) electrons. The molecule has 0 unspecified atom stereocenters. The lowest BCUT2D eigenvalue weighted by molar-refractivity contribution is 0.444. The van der Waals surface area contributed by atoms with Crippen LogP contribution in [0.15, 0.2) is 4.47 Å². The van der Waals surface area contributed by atoms with Crippen molar-refractivity contribution in [1.29, 1.82) is 0 Å². The highest BCUT2D eigenvalue weighted by atomic mass is 79.9. The van der Waals surface area contributed by atoms with Crippen molar-refractivity contribution in [1.82, 2.24) is 4.98 Å². The molecule has 1 aromatic rings. The van der Waals surface area contributed by atoms with E-state index in [1.54, 1.807) is 0 Å². The van der Waals surface area contributed by atoms with Crippen molar-refractivity contribution in [2.75, 3.05) is 0 Å². The second-order valence-electron chi connectivity index (χ2n) is 1.64. The smallest absolute Gasteiger partial charge is 0.200 e. The van der Waals surface area contributed by atoms with E-state index in [-0.39, 0.29) is 4.47 Å². The maximum atomic E-state index is 12.4. The van der Waals surface area contributed by atoms with Crippen molar-refractivity contribution in [2.24, 2.45) is 0 Å². The first-order chi connectivity index (χ1) is 5.04. The molecule has 0 amide bonds. The van der Waals surface area contributed by atoms with Gasteiger partial charge in [0.15, 0.2) is 5.82 Å². The number of hydrogen-bond donors (Lipinski definition) is 0. The van der Waals surface area contributed by atoms with Crippen molar-refractivity contribution in [3.05, 3.63) is 27.2 Å². The van der Waals surface area contributed by atoms with Gasteiger partial charge < -0.3 is 0 Å². The van der Waals surface area contributed by atoms with Gasteiger partial charge in [0.25, 0.3) is 5.95 Å². The molecule has 1 aromatic heterocycles. The maximum Gasteiger partial charge on any atom is 0.253 e. The van der Waals surface area contributed by atoms with Gasteiger partial charge in [-0.2, -0.15) is 13.8 Å². The highest BCUT2D eigenvalue weighted by molar-refractivity contribution is 9.10. The molecule has 0 atom stereocenters. The third-order valence-corrected chi connectivity index (χ3v) is 2.25. The van der Waals surface area contributed by atoms with E-state index in [1.807, 2.05) is 0 Å². The summed E-state index contributed by atoms with van der Waals surface area (Å²) in [5, 5.41) is -0.644. The lowest BCUT2D eigenvalue weighted by Gasteiger charge is -1.98. The molecule has 0 fully saturated rings. The highest BCUT2D eigenvalue weighted by Crippen LogP contribution is 2.27. The fourth-order valence-electron chi connectivity index (χ4n) is 0.462. The summed E-state index contributed by atoms with van der Waals surface area (Å²) in [4.78, 5) is 2.59. The Morgan fingerprint density at radius 2 is 1.73 bits per heavy atom. The average Bonchev–Trinajstić information content (AvgIpc) is 1.97. The van der Waals surface area contributed by atoms with E-state index < -0.39 is 22.7 Å². The summed E-state index contributed by atoms with van der Waals surface area (Å²) in [5.41, 5.74) is 0. The van der Waals surface area contributed by atoms with Gasteiger partial charge >= 0.3 is 0 Å². The van der Waals surface area contributed by atoms with E-state index in [1.165, 1.54) is 0 Å². The van der Waals surface area contributed by atoms with Crippen LogP contribution in [-0.2, 0) is 0 Å². The molecule has 6 heteroatoms. The Morgan fingerprint density at radius 1 is 1.18 bits per heavy atom. The predicted octanol–water partition coefficient (Wildman–Crippen LogP) is 2.91. The topological polar surface area (TPSA) is 12.9 Å². The minimum atomic E-state index is -1.55. The van der Waals surface area contributed by atoms with Crippen LogP contribution in [-0.4, -0.2) is 4.98 Å². The number of nitrogens with zero attached hydrogens (tertiary/aromatic N) is 1. The molecule has 0 aromatic carbocycles. The molecule has 0 aliphatic rings. The van der Waals surface area contributed by atoms with Gasteiger partial charge in [-0.25, -0.2) is 4.39 Å². The molecule has 0 bridgehead atoms. The third kappa shape index (κ3) is 1.49. The van der Waals surface area contributed by atoms with Gasteiger partial charge in [0.2, 0.25) is 5.95 Å². The van der Waals surface area contributed by atoms with Gasteiger partial charge in [-0.1, -0.05) is 11.6 Å². The van der Waals surface area contributed by atoms with Crippen LogP contribution in [0.4, 0.5) is 13.2 Å². The van der Waals surface area contributed by atoms with Crippen LogP contribution in [0.1, 0.15) is 0 Å². The maximum absolute atomic E-state index is 12.4. The molecule has 60 valence electrons. The molecule has 0 saturated carbocycles. The molecule has 11 heavy (non-hydrogen) atoms. The van der Waals surface area contributed by atoms with E-state index >= 15 is 0 Å². The van der Waals surface area contributed by atoms with Gasteiger partial charge in [-0.15, -0.1) is 0 Å². The number of aromatic nitrogens is 1. The van der Waals surface area contributed by atoms with Gasteiger partial charge in [0.05, 0.1) is 9.50 Å². The lowest BCUT2D eigenvalue weighted by Crippen LogP contribution is -1.96. The first-order valence-corrected chi connectivity index (χ1v) is 3.56. The first-order valence-electron chi connectivity index (χ1n) is 2.39. The third-order valence-electron chi connectivity index (χ3n) is 0.944. The van der Waals surface area contributed by atoms with Crippen LogP contribution >= 0.6 is 27.5 Å². The Balaban J connectivity index is 3.46. The minimum Gasteiger partial charge on any atom is -0.200 e. The number of hydrogen-bond acceptors (Lipinski definition) is 1. The largest absolute Gasteiger partial charge is 0.253 e. The standard InChI is InChI=1S/C5BrClF3N/c6-1-2(7)3(8)5(10)11-4(1)9. The van der Waals surface area contributed by atoms with Crippen LogP contribution in [0.2, 0.25) is 5.02 Å². The van der Waals surface area contributed by atoms with Crippen LogP contribution in [0, 0.1) is 17.7 Å². The molecule has 0 N–H and O–H groups in total. The number of rotatable bonds is 0. The van der Waals surface area contributed by atoms with Crippen molar-refractivity contribution >= 4 is 27.5 Å². The van der Waals surface area contributed by atoms with Crippen LogP contribution in [0.3, 0.4) is 0 Å². The molecule has 0 saturated heterocycles. The van der Waals surface area contributed by atoms with Gasteiger partial charge in [0.1, 0.15) is 0 Å². The highest BCUT2D eigenvalue weighted by Gasteiger charge is 2.16. The van der Waals surface area contributed by atoms with E-state index in [2.05, 4.69) is 20.9 Å². The molecule has 1 rings (SSSR count). The van der Waals surface area contributed by atoms with Crippen molar-refractivity contribution < 1.29 is 13.2 Å². The Kier molecular flexibility index (Phi) is 2.39. The summed E-state index contributed by atoms with van der Waals surface area (Å²) >= 11 is 7.73. The summed E-state index contributed by atoms with van der Waals surface area (Å²) in [6, 6.07) is 0. The Labute approximate surface area is 73.3 Å². The molecule has 1 heterocycles. The Hall–Kier alpha value is -0.290. The summed E-state index contributed by atoms with van der Waals surface area (Å²) in [7, 11) is 0. The summed E-state index contributed by atoms with van der Waals surface area (Å²) in [6.45, 7) is 0. The van der Waals surface area contributed by atoms with E-state index in [4.69, 9.17) is 11.6 Å². The van der Waals surface area contributed by atoms with Crippen LogP contribution in [0.5, 0.6) is 0 Å². The normalized spacial score (nSPS) is 10.3. The average molecular weight is 246 g/mol. The molecule has 0 aliphatic carbocycles. The summed E-state index contributed by atoms with van der Waals surface area (Å²) in [6.07, 6.45) is 0. The molecule has 0 spiro atoms. The van der Waals surface area contributed by atoms with Gasteiger partial charge in [-0.05, 0) is 15.9 Å².